The fourth-order valence-corrected chi connectivity index (χ4v) is 4.22. The summed E-state index contributed by atoms with van der Waals surface area (Å²) in [5.41, 5.74) is 2.21. The van der Waals surface area contributed by atoms with E-state index in [1.54, 1.807) is 37.4 Å². The molecule has 28 heavy (non-hydrogen) atoms. The van der Waals surface area contributed by atoms with E-state index in [1.807, 2.05) is 19.1 Å². The van der Waals surface area contributed by atoms with E-state index in [0.717, 1.165) is 37.4 Å². The maximum absolute atomic E-state index is 12.9. The lowest BCUT2D eigenvalue weighted by molar-refractivity contribution is 0.134. The minimum absolute atomic E-state index is 0.206. The zero-order valence-corrected chi connectivity index (χ0v) is 17.1. The first-order valence-corrected chi connectivity index (χ1v) is 10.8. The number of ether oxygens (including phenoxy) is 2. The summed E-state index contributed by atoms with van der Waals surface area (Å²) >= 11 is 0. The molecule has 0 atom stereocenters. The van der Waals surface area contributed by atoms with Crippen LogP contribution in [0.15, 0.2) is 47.4 Å². The van der Waals surface area contributed by atoms with Crippen LogP contribution in [-0.2, 0) is 21.4 Å². The molecule has 0 aromatic heterocycles. The molecule has 0 amide bonds. The molecule has 2 aromatic rings. The molecule has 0 unspecified atom stereocenters. The van der Waals surface area contributed by atoms with E-state index < -0.39 is 10.0 Å². The Labute approximate surface area is 166 Å². The highest BCUT2D eigenvalue weighted by molar-refractivity contribution is 7.92. The number of rotatable bonds is 8. The topological polar surface area (TPSA) is 79.9 Å². The molecule has 1 heterocycles. The quantitative estimate of drug-likeness (QED) is 0.702. The lowest BCUT2D eigenvalue weighted by Gasteiger charge is -2.30. The van der Waals surface area contributed by atoms with Crippen molar-refractivity contribution in [3.63, 3.8) is 0 Å². The van der Waals surface area contributed by atoms with Gasteiger partial charge < -0.3 is 19.7 Å². The zero-order chi connectivity index (χ0) is 20.0. The summed E-state index contributed by atoms with van der Waals surface area (Å²) < 4.78 is 39.4. The molecular formula is C20H27N3O4S. The minimum Gasteiger partial charge on any atom is -0.495 e. The first kappa shape index (κ1) is 20.4. The molecule has 8 heteroatoms. The van der Waals surface area contributed by atoms with Gasteiger partial charge in [0.25, 0.3) is 10.0 Å². The Bertz CT molecular complexity index is 896. The Hall–Kier alpha value is -2.29. The fourth-order valence-electron chi connectivity index (χ4n) is 3.15. The number of anilines is 2. The summed E-state index contributed by atoms with van der Waals surface area (Å²) in [5.74, 6) is 0.666. The Kier molecular flexibility index (Phi) is 6.77. The summed E-state index contributed by atoms with van der Waals surface area (Å²) in [6, 6.07) is 12.2. The third-order valence-corrected chi connectivity index (χ3v) is 5.95. The molecule has 1 aliphatic heterocycles. The third kappa shape index (κ3) is 4.95. The number of methoxy groups -OCH3 is 1. The number of piperazine rings is 1. The molecule has 2 aromatic carbocycles. The van der Waals surface area contributed by atoms with Gasteiger partial charge in [-0.3, -0.25) is 4.72 Å². The van der Waals surface area contributed by atoms with Crippen molar-refractivity contribution >= 4 is 21.4 Å². The summed E-state index contributed by atoms with van der Waals surface area (Å²) in [5, 5.41) is 3.30. The van der Waals surface area contributed by atoms with Crippen molar-refractivity contribution in [2.45, 2.75) is 18.4 Å². The highest BCUT2D eigenvalue weighted by Gasteiger charge is 2.21. The largest absolute Gasteiger partial charge is 0.495 e. The predicted molar refractivity (Wildman–Crippen MR) is 111 cm³/mol. The number of sulfonamides is 1. The fraction of sp³-hybridized carbons (Fsp3) is 0.400. The van der Waals surface area contributed by atoms with Crippen LogP contribution in [-0.4, -0.2) is 48.3 Å². The van der Waals surface area contributed by atoms with Gasteiger partial charge in [-0.25, -0.2) is 8.42 Å². The molecule has 1 saturated heterocycles. The SMILES string of the molecule is CCOCc1cccc(NS(=O)(=O)c2ccc(OC)c(N3CCNCC3)c2)c1. The Morgan fingerprint density at radius 2 is 1.93 bits per heavy atom. The minimum atomic E-state index is -3.73. The maximum atomic E-state index is 12.9. The molecule has 0 bridgehead atoms. The van der Waals surface area contributed by atoms with Gasteiger partial charge in [0.15, 0.2) is 0 Å². The lowest BCUT2D eigenvalue weighted by Crippen LogP contribution is -2.43. The number of hydrogen-bond donors (Lipinski definition) is 2. The summed E-state index contributed by atoms with van der Waals surface area (Å²) in [6.07, 6.45) is 0. The first-order valence-electron chi connectivity index (χ1n) is 9.36. The highest BCUT2D eigenvalue weighted by atomic mass is 32.2. The molecule has 1 aliphatic rings. The van der Waals surface area contributed by atoms with E-state index in [2.05, 4.69) is 14.9 Å². The van der Waals surface area contributed by atoms with Crippen LogP contribution in [0.3, 0.4) is 0 Å². The second-order valence-corrected chi connectivity index (χ2v) is 8.20. The van der Waals surface area contributed by atoms with Gasteiger partial charge in [0, 0.05) is 38.5 Å². The zero-order valence-electron chi connectivity index (χ0n) is 16.3. The Morgan fingerprint density at radius 3 is 2.64 bits per heavy atom. The molecule has 0 spiro atoms. The molecule has 1 fully saturated rings. The Balaban J connectivity index is 1.85. The summed E-state index contributed by atoms with van der Waals surface area (Å²) in [7, 11) is -2.13. The van der Waals surface area contributed by atoms with Gasteiger partial charge >= 0.3 is 0 Å². The van der Waals surface area contributed by atoms with Gasteiger partial charge in [-0.05, 0) is 42.8 Å². The standard InChI is InChI=1S/C20H27N3O4S/c1-3-27-15-16-5-4-6-17(13-16)22-28(24,25)18-7-8-20(26-2)19(14-18)23-11-9-21-10-12-23/h4-8,13-14,21-22H,3,9-12,15H2,1-2H3. The Morgan fingerprint density at radius 1 is 1.14 bits per heavy atom. The molecule has 0 radical (unpaired) electrons. The third-order valence-electron chi connectivity index (χ3n) is 4.57. The van der Waals surface area contributed by atoms with Crippen LogP contribution in [0.1, 0.15) is 12.5 Å². The lowest BCUT2D eigenvalue weighted by atomic mass is 10.2. The van der Waals surface area contributed by atoms with Crippen LogP contribution in [0.4, 0.5) is 11.4 Å². The second-order valence-electron chi connectivity index (χ2n) is 6.51. The predicted octanol–water partition coefficient (Wildman–Crippen LogP) is 2.44. The number of hydrogen-bond acceptors (Lipinski definition) is 6. The van der Waals surface area contributed by atoms with E-state index in [4.69, 9.17) is 9.47 Å². The van der Waals surface area contributed by atoms with Gasteiger partial charge in [0.05, 0.1) is 24.3 Å². The van der Waals surface area contributed by atoms with Gasteiger partial charge in [0.2, 0.25) is 0 Å². The van der Waals surface area contributed by atoms with Crippen molar-refractivity contribution in [3.8, 4) is 5.75 Å². The van der Waals surface area contributed by atoms with Crippen molar-refractivity contribution < 1.29 is 17.9 Å². The maximum Gasteiger partial charge on any atom is 0.261 e. The highest BCUT2D eigenvalue weighted by Crippen LogP contribution is 2.32. The average Bonchev–Trinajstić information content (AvgIpc) is 2.72. The van der Waals surface area contributed by atoms with Gasteiger partial charge in [0.1, 0.15) is 5.75 Å². The van der Waals surface area contributed by atoms with Crippen LogP contribution in [0, 0.1) is 0 Å². The van der Waals surface area contributed by atoms with E-state index in [0.29, 0.717) is 24.7 Å². The number of nitrogens with one attached hydrogen (secondary N) is 2. The summed E-state index contributed by atoms with van der Waals surface area (Å²) in [4.78, 5) is 2.34. The molecule has 152 valence electrons. The van der Waals surface area contributed by atoms with Crippen LogP contribution < -0.4 is 19.7 Å². The van der Waals surface area contributed by atoms with Crippen LogP contribution in [0.25, 0.3) is 0 Å². The normalized spacial score (nSPS) is 14.7. The monoisotopic (exact) mass is 405 g/mol. The molecule has 7 nitrogen and oxygen atoms in total. The van der Waals surface area contributed by atoms with Crippen molar-refractivity contribution in [1.29, 1.82) is 0 Å². The van der Waals surface area contributed by atoms with Gasteiger partial charge in [-0.1, -0.05) is 12.1 Å². The smallest absolute Gasteiger partial charge is 0.261 e. The van der Waals surface area contributed by atoms with Crippen molar-refractivity contribution in [3.05, 3.63) is 48.0 Å². The van der Waals surface area contributed by atoms with Crippen molar-refractivity contribution in [1.82, 2.24) is 5.32 Å². The van der Waals surface area contributed by atoms with Crippen LogP contribution in [0.5, 0.6) is 5.75 Å². The molecule has 3 rings (SSSR count). The van der Waals surface area contributed by atoms with Gasteiger partial charge in [-0.15, -0.1) is 0 Å². The number of nitrogens with zero attached hydrogens (tertiary/aromatic N) is 1. The van der Waals surface area contributed by atoms with Gasteiger partial charge in [-0.2, -0.15) is 0 Å². The summed E-state index contributed by atoms with van der Waals surface area (Å²) in [6.45, 7) is 6.28. The van der Waals surface area contributed by atoms with Crippen LogP contribution >= 0.6 is 0 Å². The molecule has 0 aliphatic carbocycles. The molecule has 2 N–H and O–H groups in total. The van der Waals surface area contributed by atoms with E-state index >= 15 is 0 Å². The second kappa shape index (κ2) is 9.27. The van der Waals surface area contributed by atoms with Crippen molar-refractivity contribution in [2.75, 3.05) is 49.5 Å². The molecule has 0 saturated carbocycles. The van der Waals surface area contributed by atoms with E-state index in [-0.39, 0.29) is 4.90 Å². The molecular weight excluding hydrogens is 378 g/mol. The van der Waals surface area contributed by atoms with Crippen molar-refractivity contribution in [2.24, 2.45) is 0 Å². The van der Waals surface area contributed by atoms with E-state index in [1.165, 1.54) is 0 Å². The average molecular weight is 406 g/mol. The first-order chi connectivity index (χ1) is 13.5. The number of benzene rings is 2. The van der Waals surface area contributed by atoms with E-state index in [9.17, 15) is 8.42 Å². The van der Waals surface area contributed by atoms with Crippen LogP contribution in [0.2, 0.25) is 0 Å².